The smallest absolute Gasteiger partial charge is 0.245 e. The van der Waals surface area contributed by atoms with Crippen molar-refractivity contribution in [2.24, 2.45) is 0 Å². The Kier molecular flexibility index (Phi) is 6.80. The van der Waals surface area contributed by atoms with E-state index in [0.29, 0.717) is 27.2 Å². The lowest BCUT2D eigenvalue weighted by atomic mass is 10.2. The Morgan fingerprint density at radius 1 is 1.04 bits per heavy atom. The Bertz CT molecular complexity index is 930. The summed E-state index contributed by atoms with van der Waals surface area (Å²) in [4.78, 5) is 12.4. The number of methoxy groups -OCH3 is 2. The van der Waals surface area contributed by atoms with Gasteiger partial charge >= 0.3 is 0 Å². The van der Waals surface area contributed by atoms with Crippen molar-refractivity contribution in [1.82, 2.24) is 0 Å². The van der Waals surface area contributed by atoms with Crippen molar-refractivity contribution >= 4 is 50.5 Å². The first-order valence-corrected chi connectivity index (χ1v) is 10.2. The molecule has 0 aromatic heterocycles. The Morgan fingerprint density at radius 2 is 1.63 bits per heavy atom. The van der Waals surface area contributed by atoms with Crippen LogP contribution in [0.25, 0.3) is 0 Å². The van der Waals surface area contributed by atoms with Gasteiger partial charge in [0, 0.05) is 21.8 Å². The van der Waals surface area contributed by atoms with Gasteiger partial charge in [0.25, 0.3) is 0 Å². The summed E-state index contributed by atoms with van der Waals surface area (Å²) in [6.07, 6.45) is 1.01. The van der Waals surface area contributed by atoms with Gasteiger partial charge in [0.05, 0.1) is 26.2 Å². The lowest BCUT2D eigenvalue weighted by molar-refractivity contribution is -0.114. The summed E-state index contributed by atoms with van der Waals surface area (Å²) in [5, 5.41) is 3.27. The number of carbonyl (C=O) groups excluding carboxylic acids is 1. The predicted octanol–water partition coefficient (Wildman–Crippen LogP) is 3.42. The number of nitrogens with zero attached hydrogens (tertiary/aromatic N) is 1. The standard InChI is InChI=1S/C17H18Cl2N2O5S/c1-25-15-5-4-14(9-16(15)26-2)21(27(3,23)24)10-17(22)20-13-7-11(18)6-12(19)8-13/h4-9H,10H2,1-3H3,(H,20,22). The first kappa shape index (κ1) is 21.1. The number of carbonyl (C=O) groups is 1. The van der Waals surface area contributed by atoms with Gasteiger partial charge in [-0.1, -0.05) is 23.2 Å². The van der Waals surface area contributed by atoms with Crippen molar-refractivity contribution in [2.75, 3.05) is 36.6 Å². The van der Waals surface area contributed by atoms with Crippen LogP contribution in [0.2, 0.25) is 10.0 Å². The average molecular weight is 433 g/mol. The molecule has 2 aromatic carbocycles. The van der Waals surface area contributed by atoms with Crippen LogP contribution in [0.4, 0.5) is 11.4 Å². The lowest BCUT2D eigenvalue weighted by Gasteiger charge is -2.23. The van der Waals surface area contributed by atoms with Gasteiger partial charge in [-0.3, -0.25) is 9.10 Å². The van der Waals surface area contributed by atoms with E-state index < -0.39 is 22.5 Å². The van der Waals surface area contributed by atoms with Crippen molar-refractivity contribution in [3.05, 3.63) is 46.4 Å². The number of hydrogen-bond acceptors (Lipinski definition) is 5. The summed E-state index contributed by atoms with van der Waals surface area (Å²) >= 11 is 11.8. The molecule has 10 heteroatoms. The minimum absolute atomic E-state index is 0.259. The highest BCUT2D eigenvalue weighted by molar-refractivity contribution is 7.92. The van der Waals surface area contributed by atoms with E-state index in [2.05, 4.69) is 5.32 Å². The number of ether oxygens (including phenoxy) is 2. The second-order valence-corrected chi connectivity index (χ2v) is 8.29. The quantitative estimate of drug-likeness (QED) is 0.724. The van der Waals surface area contributed by atoms with Crippen LogP contribution in [-0.2, 0) is 14.8 Å². The van der Waals surface area contributed by atoms with Crippen LogP contribution in [-0.4, -0.2) is 41.3 Å². The fourth-order valence-electron chi connectivity index (χ4n) is 2.34. The minimum atomic E-state index is -3.74. The molecular formula is C17H18Cl2N2O5S. The second kappa shape index (κ2) is 8.69. The van der Waals surface area contributed by atoms with Crippen molar-refractivity contribution in [3.63, 3.8) is 0 Å². The van der Waals surface area contributed by atoms with Gasteiger partial charge < -0.3 is 14.8 Å². The molecule has 2 rings (SSSR count). The molecule has 0 radical (unpaired) electrons. The summed E-state index contributed by atoms with van der Waals surface area (Å²) in [6, 6.07) is 9.08. The third kappa shape index (κ3) is 5.66. The highest BCUT2D eigenvalue weighted by atomic mass is 35.5. The highest BCUT2D eigenvalue weighted by Crippen LogP contribution is 2.32. The van der Waals surface area contributed by atoms with E-state index in [4.69, 9.17) is 32.7 Å². The van der Waals surface area contributed by atoms with E-state index in [9.17, 15) is 13.2 Å². The predicted molar refractivity (Wildman–Crippen MR) is 107 cm³/mol. The lowest BCUT2D eigenvalue weighted by Crippen LogP contribution is -2.37. The molecule has 0 aliphatic carbocycles. The van der Waals surface area contributed by atoms with E-state index in [0.717, 1.165) is 10.6 Å². The third-order valence-electron chi connectivity index (χ3n) is 3.49. The molecule has 0 bridgehead atoms. The van der Waals surface area contributed by atoms with Crippen LogP contribution in [0.3, 0.4) is 0 Å². The molecule has 0 aliphatic rings. The Balaban J connectivity index is 2.28. The highest BCUT2D eigenvalue weighted by Gasteiger charge is 2.22. The van der Waals surface area contributed by atoms with Gasteiger partial charge in [0.2, 0.25) is 15.9 Å². The van der Waals surface area contributed by atoms with Crippen molar-refractivity contribution in [2.45, 2.75) is 0 Å². The number of amides is 1. The molecule has 0 aliphatic heterocycles. The zero-order chi connectivity index (χ0) is 20.2. The molecule has 0 unspecified atom stereocenters. The molecule has 0 saturated carbocycles. The van der Waals surface area contributed by atoms with Crippen molar-refractivity contribution < 1.29 is 22.7 Å². The van der Waals surface area contributed by atoms with Gasteiger partial charge in [-0.25, -0.2) is 8.42 Å². The molecule has 7 nitrogen and oxygen atoms in total. The summed E-state index contributed by atoms with van der Waals surface area (Å²) in [5.74, 6) is 0.215. The molecule has 0 spiro atoms. The molecule has 1 N–H and O–H groups in total. The molecule has 2 aromatic rings. The third-order valence-corrected chi connectivity index (χ3v) is 5.07. The van der Waals surface area contributed by atoms with E-state index in [1.165, 1.54) is 44.6 Å². The molecule has 27 heavy (non-hydrogen) atoms. The number of rotatable bonds is 7. The van der Waals surface area contributed by atoms with Gasteiger partial charge in [-0.2, -0.15) is 0 Å². The number of hydrogen-bond donors (Lipinski definition) is 1. The van der Waals surface area contributed by atoms with E-state index in [-0.39, 0.29) is 5.69 Å². The van der Waals surface area contributed by atoms with Crippen LogP contribution in [0.1, 0.15) is 0 Å². The summed E-state index contributed by atoms with van der Waals surface area (Å²) in [6.45, 7) is -0.446. The van der Waals surface area contributed by atoms with Gasteiger partial charge in [-0.15, -0.1) is 0 Å². The molecule has 146 valence electrons. The largest absolute Gasteiger partial charge is 0.493 e. The maximum atomic E-state index is 12.4. The van der Waals surface area contributed by atoms with Crippen LogP contribution >= 0.6 is 23.2 Å². The maximum absolute atomic E-state index is 12.4. The molecule has 0 heterocycles. The Morgan fingerprint density at radius 3 is 2.15 bits per heavy atom. The van der Waals surface area contributed by atoms with Crippen LogP contribution in [0.15, 0.2) is 36.4 Å². The Hall–Kier alpha value is -2.16. The van der Waals surface area contributed by atoms with E-state index in [1.54, 1.807) is 6.07 Å². The zero-order valence-electron chi connectivity index (χ0n) is 14.8. The second-order valence-electron chi connectivity index (χ2n) is 5.52. The fourth-order valence-corrected chi connectivity index (χ4v) is 3.71. The first-order chi connectivity index (χ1) is 12.6. The number of nitrogens with one attached hydrogen (secondary N) is 1. The van der Waals surface area contributed by atoms with E-state index in [1.807, 2.05) is 0 Å². The minimum Gasteiger partial charge on any atom is -0.493 e. The van der Waals surface area contributed by atoms with Crippen LogP contribution in [0, 0.1) is 0 Å². The zero-order valence-corrected chi connectivity index (χ0v) is 17.2. The van der Waals surface area contributed by atoms with Gasteiger partial charge in [0.15, 0.2) is 11.5 Å². The summed E-state index contributed by atoms with van der Waals surface area (Å²) in [7, 11) is -0.842. The van der Waals surface area contributed by atoms with Gasteiger partial charge in [0.1, 0.15) is 6.54 Å². The summed E-state index contributed by atoms with van der Waals surface area (Å²) in [5.41, 5.74) is 0.618. The number of halogens is 2. The molecule has 1 amide bonds. The SMILES string of the molecule is COc1ccc(N(CC(=O)Nc2cc(Cl)cc(Cl)c2)S(C)(=O)=O)cc1OC. The molecular weight excluding hydrogens is 415 g/mol. The molecule has 0 fully saturated rings. The van der Waals surface area contributed by atoms with Crippen molar-refractivity contribution in [1.29, 1.82) is 0 Å². The van der Waals surface area contributed by atoms with Crippen LogP contribution in [0.5, 0.6) is 11.5 Å². The normalized spacial score (nSPS) is 11.0. The van der Waals surface area contributed by atoms with Gasteiger partial charge in [-0.05, 0) is 30.3 Å². The molecule has 0 saturated heterocycles. The molecule has 0 atom stereocenters. The van der Waals surface area contributed by atoms with Crippen molar-refractivity contribution in [3.8, 4) is 11.5 Å². The summed E-state index contributed by atoms with van der Waals surface area (Å²) < 4.78 is 35.7. The number of benzene rings is 2. The monoisotopic (exact) mass is 432 g/mol. The van der Waals surface area contributed by atoms with E-state index >= 15 is 0 Å². The average Bonchev–Trinajstić information content (AvgIpc) is 2.57. The fraction of sp³-hybridized carbons (Fsp3) is 0.235. The number of sulfonamides is 1. The topological polar surface area (TPSA) is 84.9 Å². The Labute approximate surface area is 167 Å². The first-order valence-electron chi connectivity index (χ1n) is 7.59. The van der Waals surface area contributed by atoms with Crippen LogP contribution < -0.4 is 19.1 Å². The number of anilines is 2. The maximum Gasteiger partial charge on any atom is 0.245 e.